The van der Waals surface area contributed by atoms with E-state index in [1.807, 2.05) is 6.92 Å². The topological polar surface area (TPSA) is 119 Å². The van der Waals surface area contributed by atoms with Gasteiger partial charge in [-0.3, -0.25) is 14.4 Å². The molecule has 0 aromatic rings. The molecule has 0 aliphatic carbocycles. The van der Waals surface area contributed by atoms with E-state index in [-0.39, 0.29) is 25.5 Å². The number of carboxylic acid groups (broad SMARTS) is 1. The lowest BCUT2D eigenvalue weighted by Gasteiger charge is -2.07. The number of carboxylic acids is 1. The highest BCUT2D eigenvalue weighted by molar-refractivity contribution is 5.78. The van der Waals surface area contributed by atoms with Gasteiger partial charge in [0.05, 0.1) is 6.61 Å². The zero-order valence-electron chi connectivity index (χ0n) is 13.3. The third-order valence-corrected chi connectivity index (χ3v) is 3.19. The number of hydrogen-bond donors (Lipinski definition) is 3. The summed E-state index contributed by atoms with van der Waals surface area (Å²) in [5.74, 6) is -0.863. The molecule has 1 atom stereocenters. The molecule has 0 spiro atoms. The molecular formula is C16H32N2O5. The maximum absolute atomic E-state index is 11.5. The van der Waals surface area contributed by atoms with Gasteiger partial charge in [0.1, 0.15) is 11.8 Å². The smallest absolute Gasteiger partial charge is 0.320 e. The van der Waals surface area contributed by atoms with Gasteiger partial charge in [-0.15, -0.1) is 0 Å². The number of rotatable bonds is 14. The lowest BCUT2D eigenvalue weighted by atomic mass is 10.1. The van der Waals surface area contributed by atoms with E-state index in [1.165, 1.54) is 0 Å². The lowest BCUT2D eigenvalue weighted by molar-refractivity contribution is -0.138. The number of amides is 1. The fourth-order valence-corrected chi connectivity index (χ4v) is 1.74. The van der Waals surface area contributed by atoms with Gasteiger partial charge in [0, 0.05) is 32.4 Å². The van der Waals surface area contributed by atoms with E-state index in [0.29, 0.717) is 58.3 Å². The van der Waals surface area contributed by atoms with E-state index in [9.17, 15) is 14.4 Å². The largest absolute Gasteiger partial charge is 0.480 e. The monoisotopic (exact) mass is 332 g/mol. The number of ether oxygens (including phenoxy) is 1. The van der Waals surface area contributed by atoms with Crippen molar-refractivity contribution in [3.8, 4) is 0 Å². The van der Waals surface area contributed by atoms with Gasteiger partial charge in [-0.1, -0.05) is 14.4 Å². The minimum Gasteiger partial charge on any atom is -0.480 e. The molecule has 136 valence electrons. The zero-order valence-corrected chi connectivity index (χ0v) is 13.3. The standard InChI is InChI=1S/C15H28N2O5.CH4/c1-2-12(18)6-5-10-22-11-8-14(19)17-9-4-3-7-13(16)15(20)21;/h13H,2-11,16H2,1H3,(H,17,19)(H,20,21);1H4. The molecule has 1 unspecified atom stereocenters. The fourth-order valence-electron chi connectivity index (χ4n) is 1.74. The molecule has 0 saturated heterocycles. The predicted octanol–water partition coefficient (Wildman–Crippen LogP) is 1.49. The van der Waals surface area contributed by atoms with Crippen LogP contribution in [0.1, 0.15) is 59.3 Å². The Morgan fingerprint density at radius 3 is 2.43 bits per heavy atom. The number of carbonyl (C=O) groups excluding carboxylic acids is 2. The Kier molecular flexibility index (Phi) is 16.0. The molecule has 0 bridgehead atoms. The molecule has 0 radical (unpaired) electrons. The minimum atomic E-state index is -0.998. The Labute approximate surface area is 139 Å². The molecule has 7 nitrogen and oxygen atoms in total. The zero-order chi connectivity index (χ0) is 16.8. The fraction of sp³-hybridized carbons (Fsp3) is 0.812. The number of carbonyl (C=O) groups is 3. The lowest BCUT2D eigenvalue weighted by Crippen LogP contribution is -2.30. The van der Waals surface area contributed by atoms with Crippen molar-refractivity contribution in [2.24, 2.45) is 5.73 Å². The van der Waals surface area contributed by atoms with Gasteiger partial charge in [-0.25, -0.2) is 0 Å². The first-order chi connectivity index (χ1) is 10.5. The van der Waals surface area contributed by atoms with Gasteiger partial charge in [0.15, 0.2) is 0 Å². The quantitative estimate of drug-likeness (QED) is 0.415. The summed E-state index contributed by atoms with van der Waals surface area (Å²) in [6, 6.07) is -0.830. The van der Waals surface area contributed by atoms with Crippen molar-refractivity contribution in [2.45, 2.75) is 65.3 Å². The second-order valence-electron chi connectivity index (χ2n) is 5.15. The number of Topliss-reactive ketones (excluding diaryl/α,β-unsaturated/α-hetero) is 1. The summed E-state index contributed by atoms with van der Waals surface area (Å²) in [5.41, 5.74) is 5.37. The second-order valence-corrected chi connectivity index (χ2v) is 5.15. The Hall–Kier alpha value is -1.47. The molecular weight excluding hydrogens is 300 g/mol. The molecule has 0 heterocycles. The van der Waals surface area contributed by atoms with Crippen LogP contribution in [0.3, 0.4) is 0 Å². The molecule has 0 saturated carbocycles. The van der Waals surface area contributed by atoms with E-state index in [4.69, 9.17) is 15.6 Å². The van der Waals surface area contributed by atoms with E-state index >= 15 is 0 Å². The highest BCUT2D eigenvalue weighted by atomic mass is 16.5. The first kappa shape index (κ1) is 23.8. The van der Waals surface area contributed by atoms with Gasteiger partial charge in [-0.05, 0) is 25.7 Å². The molecule has 4 N–H and O–H groups in total. The van der Waals surface area contributed by atoms with E-state index < -0.39 is 12.0 Å². The number of aliphatic carboxylic acids is 1. The number of unbranched alkanes of at least 4 members (excludes halogenated alkanes) is 1. The first-order valence-corrected chi connectivity index (χ1v) is 7.81. The van der Waals surface area contributed by atoms with Crippen LogP contribution in [0, 0.1) is 0 Å². The molecule has 23 heavy (non-hydrogen) atoms. The molecule has 0 rings (SSSR count). The van der Waals surface area contributed by atoms with Crippen LogP contribution in [-0.4, -0.2) is 48.6 Å². The maximum Gasteiger partial charge on any atom is 0.320 e. The van der Waals surface area contributed by atoms with Crippen molar-refractivity contribution in [3.63, 3.8) is 0 Å². The average molecular weight is 332 g/mol. The highest BCUT2D eigenvalue weighted by Gasteiger charge is 2.10. The van der Waals surface area contributed by atoms with E-state index in [1.54, 1.807) is 0 Å². The Morgan fingerprint density at radius 2 is 1.83 bits per heavy atom. The highest BCUT2D eigenvalue weighted by Crippen LogP contribution is 1.99. The number of hydrogen-bond acceptors (Lipinski definition) is 5. The molecule has 0 aliphatic heterocycles. The van der Waals surface area contributed by atoms with Crippen molar-refractivity contribution < 1.29 is 24.2 Å². The number of ketones is 1. The second kappa shape index (κ2) is 15.4. The molecule has 0 aliphatic rings. The summed E-state index contributed by atoms with van der Waals surface area (Å²) < 4.78 is 5.29. The van der Waals surface area contributed by atoms with Crippen molar-refractivity contribution >= 4 is 17.7 Å². The molecule has 0 fully saturated rings. The first-order valence-electron chi connectivity index (χ1n) is 7.81. The summed E-state index contributed by atoms with van der Waals surface area (Å²) in [6.07, 6.45) is 3.84. The summed E-state index contributed by atoms with van der Waals surface area (Å²) in [4.78, 5) is 33.0. The van der Waals surface area contributed by atoms with Crippen LogP contribution in [0.15, 0.2) is 0 Å². The summed E-state index contributed by atoms with van der Waals surface area (Å²) in [7, 11) is 0. The normalized spacial score (nSPS) is 11.4. The SMILES string of the molecule is C.CCC(=O)CCCOCCC(=O)NCCCCC(N)C(=O)O. The van der Waals surface area contributed by atoms with E-state index in [2.05, 4.69) is 5.32 Å². The van der Waals surface area contributed by atoms with Crippen molar-refractivity contribution in [1.29, 1.82) is 0 Å². The molecule has 0 aromatic heterocycles. The van der Waals surface area contributed by atoms with Gasteiger partial charge >= 0.3 is 5.97 Å². The van der Waals surface area contributed by atoms with Gasteiger partial charge in [0.2, 0.25) is 5.91 Å². The van der Waals surface area contributed by atoms with Crippen molar-refractivity contribution in [1.82, 2.24) is 5.32 Å². The summed E-state index contributed by atoms with van der Waals surface area (Å²) >= 11 is 0. The summed E-state index contributed by atoms with van der Waals surface area (Å²) in [5, 5.41) is 11.3. The van der Waals surface area contributed by atoms with E-state index in [0.717, 1.165) is 0 Å². The van der Waals surface area contributed by atoms with Gasteiger partial charge in [0.25, 0.3) is 0 Å². The molecule has 1 amide bonds. The third-order valence-electron chi connectivity index (χ3n) is 3.19. The van der Waals surface area contributed by atoms with Crippen LogP contribution in [0.4, 0.5) is 0 Å². The van der Waals surface area contributed by atoms with Crippen LogP contribution < -0.4 is 11.1 Å². The van der Waals surface area contributed by atoms with Crippen LogP contribution in [0.5, 0.6) is 0 Å². The third kappa shape index (κ3) is 15.2. The predicted molar refractivity (Wildman–Crippen MR) is 89.2 cm³/mol. The van der Waals surface area contributed by atoms with Crippen LogP contribution >= 0.6 is 0 Å². The Bertz CT molecular complexity index is 347. The van der Waals surface area contributed by atoms with Crippen molar-refractivity contribution in [2.75, 3.05) is 19.8 Å². The summed E-state index contributed by atoms with van der Waals surface area (Å²) in [6.45, 7) is 3.18. The Balaban J connectivity index is 0. The molecule has 0 aromatic carbocycles. The van der Waals surface area contributed by atoms with Gasteiger partial charge < -0.3 is 20.9 Å². The number of nitrogens with two attached hydrogens (primary N) is 1. The molecule has 7 heteroatoms. The Morgan fingerprint density at radius 1 is 1.13 bits per heavy atom. The number of nitrogens with one attached hydrogen (secondary N) is 1. The minimum absolute atomic E-state index is 0. The maximum atomic E-state index is 11.5. The van der Waals surface area contributed by atoms with Crippen LogP contribution in [0.25, 0.3) is 0 Å². The van der Waals surface area contributed by atoms with Crippen LogP contribution in [0.2, 0.25) is 0 Å². The van der Waals surface area contributed by atoms with Crippen molar-refractivity contribution in [3.05, 3.63) is 0 Å². The van der Waals surface area contributed by atoms with Crippen LogP contribution in [-0.2, 0) is 19.1 Å². The van der Waals surface area contributed by atoms with Gasteiger partial charge in [-0.2, -0.15) is 0 Å². The average Bonchev–Trinajstić information content (AvgIpc) is 2.49.